The molecule has 0 aliphatic carbocycles. The number of nitrogens with one attached hydrogen (secondary N) is 1. The quantitative estimate of drug-likeness (QED) is 0.688. The first-order valence-electron chi connectivity index (χ1n) is 4.36. The van der Waals surface area contributed by atoms with Gasteiger partial charge in [0.25, 0.3) is 0 Å². The summed E-state index contributed by atoms with van der Waals surface area (Å²) in [7, 11) is -1.02. The molecule has 0 unspecified atom stereocenters. The van der Waals surface area contributed by atoms with Crippen molar-refractivity contribution < 1.29 is 9.53 Å². The smallest absolute Gasteiger partial charge is 0.407 e. The molecule has 0 atom stereocenters. The van der Waals surface area contributed by atoms with Crippen molar-refractivity contribution >= 4 is 14.2 Å². The first-order chi connectivity index (χ1) is 5.45. The van der Waals surface area contributed by atoms with E-state index >= 15 is 0 Å². The average molecular weight is 189 g/mol. The maximum atomic E-state index is 10.8. The molecule has 0 fully saturated rings. The Balaban J connectivity index is 3.37. The molecule has 72 valence electrons. The molecule has 3 nitrogen and oxygen atoms in total. The zero-order chi connectivity index (χ0) is 9.61. The monoisotopic (exact) mass is 189 g/mol. The molecule has 0 heterocycles. The third-order valence-electron chi connectivity index (χ3n) is 1.42. The van der Waals surface area contributed by atoms with Gasteiger partial charge < -0.3 is 10.1 Å². The summed E-state index contributed by atoms with van der Waals surface area (Å²) in [6, 6.07) is 1.10. The summed E-state index contributed by atoms with van der Waals surface area (Å²) in [5.74, 6) is 0. The van der Waals surface area contributed by atoms with Crippen molar-refractivity contribution in [3.63, 3.8) is 0 Å². The fraction of sp³-hybridized carbons (Fsp3) is 0.875. The van der Waals surface area contributed by atoms with Gasteiger partial charge in [0, 0.05) is 14.6 Å². The normalized spacial score (nSPS) is 11.0. The van der Waals surface area contributed by atoms with Crippen molar-refractivity contribution in [2.75, 3.05) is 13.2 Å². The Morgan fingerprint density at radius 2 is 2.00 bits per heavy atom. The molecule has 1 amide bonds. The van der Waals surface area contributed by atoms with Gasteiger partial charge in [0.2, 0.25) is 0 Å². The molecule has 0 spiro atoms. The third kappa shape index (κ3) is 7.59. The second kappa shape index (κ2) is 5.19. The highest BCUT2D eigenvalue weighted by Gasteiger charge is 2.12. The van der Waals surface area contributed by atoms with E-state index in [0.717, 1.165) is 12.6 Å². The molecule has 0 aromatic heterocycles. The van der Waals surface area contributed by atoms with Crippen LogP contribution in [-0.4, -0.2) is 27.3 Å². The number of carbonyl (C=O) groups excluding carboxylic acids is 1. The first-order valence-corrected chi connectivity index (χ1v) is 8.07. The Morgan fingerprint density at radius 1 is 1.42 bits per heavy atom. The lowest BCUT2D eigenvalue weighted by molar-refractivity contribution is 0.153. The largest absolute Gasteiger partial charge is 0.450 e. The van der Waals surface area contributed by atoms with Gasteiger partial charge in [-0.2, -0.15) is 0 Å². The maximum absolute atomic E-state index is 10.8. The lowest BCUT2D eigenvalue weighted by Crippen LogP contribution is -2.31. The lowest BCUT2D eigenvalue weighted by Gasteiger charge is -2.15. The van der Waals surface area contributed by atoms with E-state index in [2.05, 4.69) is 25.0 Å². The van der Waals surface area contributed by atoms with Gasteiger partial charge in [-0.15, -0.1) is 0 Å². The fourth-order valence-electron chi connectivity index (χ4n) is 0.722. The summed E-state index contributed by atoms with van der Waals surface area (Å²) in [6.45, 7) is 9.82. The molecular weight excluding hydrogens is 170 g/mol. The second-order valence-corrected chi connectivity index (χ2v) is 9.58. The van der Waals surface area contributed by atoms with E-state index in [0.29, 0.717) is 6.61 Å². The predicted molar refractivity (Wildman–Crippen MR) is 53.2 cm³/mol. The van der Waals surface area contributed by atoms with Gasteiger partial charge in [-0.25, -0.2) is 4.79 Å². The molecule has 0 aliphatic rings. The highest BCUT2D eigenvalue weighted by atomic mass is 28.3. The molecular formula is C8H19NO2Si. The van der Waals surface area contributed by atoms with E-state index < -0.39 is 8.07 Å². The van der Waals surface area contributed by atoms with Crippen molar-refractivity contribution in [1.82, 2.24) is 5.32 Å². The molecule has 0 radical (unpaired) electrons. The molecule has 0 aromatic rings. The average Bonchev–Trinajstić information content (AvgIpc) is 1.84. The Bertz CT molecular complexity index is 142. The Morgan fingerprint density at radius 3 is 2.42 bits per heavy atom. The minimum Gasteiger partial charge on any atom is -0.450 e. The predicted octanol–water partition coefficient (Wildman–Crippen LogP) is 2.07. The third-order valence-corrected chi connectivity index (χ3v) is 3.17. The standard InChI is InChI=1S/C8H19NO2Si/c1-5-11-8(10)9-6-7-12(2,3)4/h5-7H2,1-4H3,(H,9,10). The minimum atomic E-state index is -1.02. The van der Waals surface area contributed by atoms with Crippen LogP contribution in [0.5, 0.6) is 0 Å². The summed E-state index contributed by atoms with van der Waals surface area (Å²) in [5.41, 5.74) is 0. The van der Waals surface area contributed by atoms with Gasteiger partial charge in [0.15, 0.2) is 0 Å². The molecule has 0 rings (SSSR count). The number of ether oxygens (including phenoxy) is 1. The van der Waals surface area contributed by atoms with Crippen molar-refractivity contribution in [3.05, 3.63) is 0 Å². The van der Waals surface area contributed by atoms with Gasteiger partial charge in [0.1, 0.15) is 0 Å². The highest BCUT2D eigenvalue weighted by Crippen LogP contribution is 2.05. The van der Waals surface area contributed by atoms with Gasteiger partial charge in [-0.1, -0.05) is 19.6 Å². The molecule has 4 heteroatoms. The number of carbonyl (C=O) groups is 1. The van der Waals surface area contributed by atoms with E-state index in [1.165, 1.54) is 0 Å². The number of hydrogen-bond donors (Lipinski definition) is 1. The van der Waals surface area contributed by atoms with Crippen LogP contribution in [0.1, 0.15) is 6.92 Å². The summed E-state index contributed by atoms with van der Waals surface area (Å²) in [6.07, 6.45) is -0.296. The topological polar surface area (TPSA) is 38.3 Å². The van der Waals surface area contributed by atoms with Gasteiger partial charge in [-0.05, 0) is 13.0 Å². The van der Waals surface area contributed by atoms with Crippen LogP contribution in [0.4, 0.5) is 4.79 Å². The maximum Gasteiger partial charge on any atom is 0.407 e. The zero-order valence-electron chi connectivity index (χ0n) is 8.44. The van der Waals surface area contributed by atoms with Crippen LogP contribution < -0.4 is 5.32 Å². The number of alkyl carbamates (subject to hydrolysis) is 1. The molecule has 0 saturated heterocycles. The van der Waals surface area contributed by atoms with Crippen LogP contribution in [0.3, 0.4) is 0 Å². The van der Waals surface area contributed by atoms with Crippen LogP contribution in [0.15, 0.2) is 0 Å². The molecule has 0 saturated carbocycles. The van der Waals surface area contributed by atoms with Crippen LogP contribution >= 0.6 is 0 Å². The molecule has 12 heavy (non-hydrogen) atoms. The Kier molecular flexibility index (Phi) is 4.97. The van der Waals surface area contributed by atoms with Crippen molar-refractivity contribution in [3.8, 4) is 0 Å². The van der Waals surface area contributed by atoms with E-state index in [-0.39, 0.29) is 6.09 Å². The summed E-state index contributed by atoms with van der Waals surface area (Å²) in [5, 5.41) is 2.71. The van der Waals surface area contributed by atoms with Crippen LogP contribution in [0.25, 0.3) is 0 Å². The van der Waals surface area contributed by atoms with Crippen LogP contribution in [-0.2, 0) is 4.74 Å². The number of rotatable bonds is 4. The van der Waals surface area contributed by atoms with Crippen LogP contribution in [0.2, 0.25) is 25.7 Å². The van der Waals surface area contributed by atoms with Crippen molar-refractivity contribution in [2.24, 2.45) is 0 Å². The summed E-state index contributed by atoms with van der Waals surface area (Å²) >= 11 is 0. The minimum absolute atomic E-state index is 0.296. The summed E-state index contributed by atoms with van der Waals surface area (Å²) in [4.78, 5) is 10.8. The van der Waals surface area contributed by atoms with Gasteiger partial charge >= 0.3 is 6.09 Å². The highest BCUT2D eigenvalue weighted by molar-refractivity contribution is 6.76. The summed E-state index contributed by atoms with van der Waals surface area (Å²) < 4.78 is 4.72. The fourth-order valence-corrected chi connectivity index (χ4v) is 1.60. The van der Waals surface area contributed by atoms with Gasteiger partial charge in [-0.3, -0.25) is 0 Å². The molecule has 0 bridgehead atoms. The first kappa shape index (κ1) is 11.5. The SMILES string of the molecule is CCOC(=O)NCC[Si](C)(C)C. The number of hydrogen-bond acceptors (Lipinski definition) is 2. The molecule has 0 aromatic carbocycles. The van der Waals surface area contributed by atoms with E-state index in [4.69, 9.17) is 4.74 Å². The molecule has 1 N–H and O–H groups in total. The Hall–Kier alpha value is -0.513. The zero-order valence-corrected chi connectivity index (χ0v) is 9.44. The van der Waals surface area contributed by atoms with Gasteiger partial charge in [0.05, 0.1) is 6.61 Å². The molecule has 0 aliphatic heterocycles. The van der Waals surface area contributed by atoms with E-state index in [1.54, 1.807) is 6.92 Å². The van der Waals surface area contributed by atoms with Crippen LogP contribution in [0, 0.1) is 0 Å². The number of amides is 1. The van der Waals surface area contributed by atoms with E-state index in [9.17, 15) is 4.79 Å². The van der Waals surface area contributed by atoms with Crippen molar-refractivity contribution in [1.29, 1.82) is 0 Å². The lowest BCUT2D eigenvalue weighted by atomic mass is 10.7. The second-order valence-electron chi connectivity index (χ2n) is 3.96. The van der Waals surface area contributed by atoms with E-state index in [1.807, 2.05) is 0 Å². The van der Waals surface area contributed by atoms with Crippen molar-refractivity contribution in [2.45, 2.75) is 32.6 Å². The Labute approximate surface area is 75.5 Å².